The number of nitrogens with zero attached hydrogens (tertiary/aromatic N) is 2. The summed E-state index contributed by atoms with van der Waals surface area (Å²) in [6, 6.07) is 3.16. The molecule has 0 aliphatic heterocycles. The summed E-state index contributed by atoms with van der Waals surface area (Å²) in [5, 5.41) is 9.50. The maximum absolute atomic E-state index is 11.3. The van der Waals surface area contributed by atoms with Gasteiger partial charge in [-0.2, -0.15) is 0 Å². The molecule has 0 aliphatic carbocycles. The van der Waals surface area contributed by atoms with Gasteiger partial charge in [0, 0.05) is 18.8 Å². The topological polar surface area (TPSA) is 54.6 Å². The van der Waals surface area contributed by atoms with Gasteiger partial charge < -0.3 is 5.21 Å². The van der Waals surface area contributed by atoms with E-state index in [1.807, 2.05) is 13.8 Å². The Kier molecular flexibility index (Phi) is 3.45. The molecule has 1 rings (SSSR count). The molecule has 0 unspecified atom stereocenters. The molecule has 0 atom stereocenters. The lowest BCUT2D eigenvalue weighted by Crippen LogP contribution is -2.09. The lowest BCUT2D eigenvalue weighted by Gasteiger charge is -1.98. The van der Waals surface area contributed by atoms with Gasteiger partial charge in [0.2, 0.25) is 5.91 Å². The Morgan fingerprint density at radius 1 is 1.50 bits per heavy atom. The predicted molar refractivity (Wildman–Crippen MR) is 51.6 cm³/mol. The molecule has 1 amide bonds. The number of hydrogen-bond donors (Lipinski definition) is 1. The number of hydrogen-bond acceptors (Lipinski definition) is 2. The minimum Gasteiger partial charge on any atom is -0.429 e. The molecular weight excluding hydrogens is 180 g/mol. The molecule has 1 aromatic heterocycles. The third kappa shape index (κ3) is 3.43. The predicted octanol–water partition coefficient (Wildman–Crippen LogP) is 1.20. The van der Waals surface area contributed by atoms with Gasteiger partial charge in [0.25, 0.3) is 0 Å². The first-order valence-electron chi connectivity index (χ1n) is 4.53. The molecule has 0 aromatic carbocycles. The minimum absolute atomic E-state index is 0.129. The van der Waals surface area contributed by atoms with Crippen LogP contribution >= 0.6 is 0 Å². The van der Waals surface area contributed by atoms with Crippen LogP contribution in [0.4, 0.5) is 0 Å². The van der Waals surface area contributed by atoms with Crippen LogP contribution in [-0.4, -0.2) is 15.8 Å². The monoisotopic (exact) mass is 194 g/mol. The summed E-state index contributed by atoms with van der Waals surface area (Å²) < 4.78 is 0.909. The van der Waals surface area contributed by atoms with Crippen LogP contribution < -0.4 is 5.36 Å². The van der Waals surface area contributed by atoms with E-state index in [-0.39, 0.29) is 5.91 Å². The zero-order valence-corrected chi connectivity index (χ0v) is 8.34. The van der Waals surface area contributed by atoms with Gasteiger partial charge in [-0.3, -0.25) is 4.79 Å². The van der Waals surface area contributed by atoms with E-state index < -0.39 is 0 Å². The molecule has 0 spiro atoms. The van der Waals surface area contributed by atoms with Crippen molar-refractivity contribution in [3.8, 4) is 0 Å². The van der Waals surface area contributed by atoms with E-state index in [0.29, 0.717) is 17.7 Å². The Balaban J connectivity index is 2.78. The summed E-state index contributed by atoms with van der Waals surface area (Å²) in [5.74, 6) is 0.188. The summed E-state index contributed by atoms with van der Waals surface area (Å²) in [6.45, 7) is 3.94. The highest BCUT2D eigenvalue weighted by atomic mass is 16.5. The van der Waals surface area contributed by atoms with Gasteiger partial charge >= 0.3 is 0 Å². The average molecular weight is 194 g/mol. The summed E-state index contributed by atoms with van der Waals surface area (Å²) in [4.78, 5) is 15.1. The molecule has 1 aromatic rings. The largest absolute Gasteiger partial charge is 0.429 e. The van der Waals surface area contributed by atoms with Crippen LogP contribution in [0.1, 0.15) is 20.3 Å². The van der Waals surface area contributed by atoms with Crippen molar-refractivity contribution >= 4 is 5.91 Å². The third-order valence-electron chi connectivity index (χ3n) is 1.63. The van der Waals surface area contributed by atoms with Crippen LogP contribution in [0.3, 0.4) is 0 Å². The molecule has 1 heterocycles. The SMILES string of the molecule is CC(C)CC(=O)N=c1ccn(O)cc1. The quantitative estimate of drug-likeness (QED) is 0.719. The molecule has 4 nitrogen and oxygen atoms in total. The summed E-state index contributed by atoms with van der Waals surface area (Å²) in [6.07, 6.45) is 3.32. The van der Waals surface area contributed by atoms with Crippen molar-refractivity contribution in [2.75, 3.05) is 0 Å². The van der Waals surface area contributed by atoms with E-state index >= 15 is 0 Å². The summed E-state index contributed by atoms with van der Waals surface area (Å²) in [7, 11) is 0. The smallest absolute Gasteiger partial charge is 0.246 e. The first kappa shape index (κ1) is 10.5. The second kappa shape index (κ2) is 4.60. The van der Waals surface area contributed by atoms with Crippen LogP contribution in [0.15, 0.2) is 29.5 Å². The molecule has 4 heteroatoms. The fourth-order valence-corrected chi connectivity index (χ4v) is 1.02. The number of carbonyl (C=O) groups excluding carboxylic acids is 1. The zero-order valence-electron chi connectivity index (χ0n) is 8.34. The minimum atomic E-state index is -0.129. The molecule has 0 fully saturated rings. The normalized spacial score (nSPS) is 10.2. The Labute approximate surface area is 82.5 Å². The van der Waals surface area contributed by atoms with Crippen molar-refractivity contribution < 1.29 is 10.0 Å². The van der Waals surface area contributed by atoms with Gasteiger partial charge in [-0.1, -0.05) is 13.8 Å². The summed E-state index contributed by atoms with van der Waals surface area (Å²) in [5.41, 5.74) is 0. The van der Waals surface area contributed by atoms with Crippen LogP contribution in [0.5, 0.6) is 0 Å². The first-order chi connectivity index (χ1) is 6.58. The third-order valence-corrected chi connectivity index (χ3v) is 1.63. The number of pyridine rings is 1. The number of amides is 1. The van der Waals surface area contributed by atoms with Gasteiger partial charge in [-0.15, -0.1) is 0 Å². The molecule has 14 heavy (non-hydrogen) atoms. The Morgan fingerprint density at radius 3 is 2.57 bits per heavy atom. The van der Waals surface area contributed by atoms with E-state index in [1.54, 1.807) is 12.1 Å². The van der Waals surface area contributed by atoms with Crippen molar-refractivity contribution in [2.24, 2.45) is 10.9 Å². The maximum atomic E-state index is 11.3. The van der Waals surface area contributed by atoms with E-state index in [4.69, 9.17) is 5.21 Å². The highest BCUT2D eigenvalue weighted by molar-refractivity contribution is 5.77. The standard InChI is InChI=1S/C10H14N2O2/c1-8(2)7-10(13)11-9-3-5-12(14)6-4-9/h3-6,8,14H,7H2,1-2H3. The Hall–Kier alpha value is -1.58. The second-order valence-corrected chi connectivity index (χ2v) is 3.54. The van der Waals surface area contributed by atoms with Crippen molar-refractivity contribution in [1.29, 1.82) is 0 Å². The molecule has 0 radical (unpaired) electrons. The highest BCUT2D eigenvalue weighted by Gasteiger charge is 2.01. The molecule has 0 saturated heterocycles. The number of rotatable bonds is 2. The average Bonchev–Trinajstić information content (AvgIpc) is 2.07. The van der Waals surface area contributed by atoms with E-state index in [0.717, 1.165) is 4.73 Å². The first-order valence-corrected chi connectivity index (χ1v) is 4.53. The number of carbonyl (C=O) groups is 1. The molecular formula is C10H14N2O2. The fourth-order valence-electron chi connectivity index (χ4n) is 1.02. The number of aromatic nitrogens is 1. The van der Waals surface area contributed by atoms with Crippen molar-refractivity contribution in [3.05, 3.63) is 29.9 Å². The van der Waals surface area contributed by atoms with E-state index in [9.17, 15) is 4.79 Å². The lowest BCUT2D eigenvalue weighted by molar-refractivity contribution is -0.118. The van der Waals surface area contributed by atoms with Gasteiger partial charge in [0.15, 0.2) is 0 Å². The van der Waals surface area contributed by atoms with Crippen molar-refractivity contribution in [2.45, 2.75) is 20.3 Å². The van der Waals surface area contributed by atoms with Crippen LogP contribution in [-0.2, 0) is 4.79 Å². The Morgan fingerprint density at radius 2 is 2.07 bits per heavy atom. The van der Waals surface area contributed by atoms with Gasteiger partial charge in [0.05, 0.1) is 5.36 Å². The van der Waals surface area contributed by atoms with E-state index in [1.165, 1.54) is 12.4 Å². The highest BCUT2D eigenvalue weighted by Crippen LogP contribution is 1.99. The molecule has 0 saturated carbocycles. The van der Waals surface area contributed by atoms with Gasteiger partial charge in [0.1, 0.15) is 0 Å². The molecule has 0 bridgehead atoms. The van der Waals surface area contributed by atoms with Gasteiger partial charge in [-0.25, -0.2) is 9.72 Å². The second-order valence-electron chi connectivity index (χ2n) is 3.54. The van der Waals surface area contributed by atoms with Crippen molar-refractivity contribution in [3.63, 3.8) is 0 Å². The lowest BCUT2D eigenvalue weighted by atomic mass is 10.1. The zero-order chi connectivity index (χ0) is 10.6. The summed E-state index contributed by atoms with van der Waals surface area (Å²) >= 11 is 0. The fraction of sp³-hybridized carbons (Fsp3) is 0.400. The van der Waals surface area contributed by atoms with Crippen LogP contribution in [0.2, 0.25) is 0 Å². The molecule has 76 valence electrons. The van der Waals surface area contributed by atoms with Gasteiger partial charge in [-0.05, 0) is 18.1 Å². The van der Waals surface area contributed by atoms with E-state index in [2.05, 4.69) is 4.99 Å². The maximum Gasteiger partial charge on any atom is 0.246 e. The molecule has 0 aliphatic rings. The molecule has 1 N–H and O–H groups in total. The van der Waals surface area contributed by atoms with Crippen molar-refractivity contribution in [1.82, 2.24) is 4.73 Å². The van der Waals surface area contributed by atoms with Crippen LogP contribution in [0, 0.1) is 5.92 Å². The van der Waals surface area contributed by atoms with Crippen LogP contribution in [0.25, 0.3) is 0 Å². The Bertz CT molecular complexity index is 359.